The summed E-state index contributed by atoms with van der Waals surface area (Å²) in [7, 11) is 0. The third-order valence-corrected chi connectivity index (χ3v) is 5.62. The van der Waals surface area contributed by atoms with Crippen molar-refractivity contribution in [2.75, 3.05) is 36.5 Å². The maximum Gasteiger partial charge on any atom is 0.261 e. The van der Waals surface area contributed by atoms with E-state index < -0.39 is 29.1 Å². The lowest BCUT2D eigenvalue weighted by atomic mass is 10.1. The maximum atomic E-state index is 15.1. The second-order valence-corrected chi connectivity index (χ2v) is 7.95. The minimum atomic E-state index is -0.915. The molecule has 0 bridgehead atoms. The number of nitrogens with zero attached hydrogens (tertiary/aromatic N) is 3. The summed E-state index contributed by atoms with van der Waals surface area (Å²) in [6.45, 7) is 4.61. The minimum absolute atomic E-state index is 0.121. The zero-order valence-electron chi connectivity index (χ0n) is 17.9. The van der Waals surface area contributed by atoms with Crippen molar-refractivity contribution in [1.29, 1.82) is 0 Å². The molecule has 6 nitrogen and oxygen atoms in total. The summed E-state index contributed by atoms with van der Waals surface area (Å²) in [5.74, 6) is -3.36. The third kappa shape index (κ3) is 4.23. The highest BCUT2D eigenvalue weighted by molar-refractivity contribution is 5.67. The van der Waals surface area contributed by atoms with E-state index in [0.717, 1.165) is 36.7 Å². The van der Waals surface area contributed by atoms with Crippen LogP contribution in [0.2, 0.25) is 0 Å². The van der Waals surface area contributed by atoms with Crippen LogP contribution in [-0.4, -0.2) is 36.3 Å². The summed E-state index contributed by atoms with van der Waals surface area (Å²) >= 11 is 0. The first-order valence-corrected chi connectivity index (χ1v) is 10.6. The van der Waals surface area contributed by atoms with Gasteiger partial charge in [0.15, 0.2) is 17.4 Å². The molecule has 5 rings (SSSR count). The van der Waals surface area contributed by atoms with Crippen molar-refractivity contribution in [1.82, 2.24) is 9.97 Å². The number of hydrogen-bond acceptors (Lipinski definition) is 6. The first-order chi connectivity index (χ1) is 16.0. The molecule has 0 spiro atoms. The van der Waals surface area contributed by atoms with E-state index in [1.165, 1.54) is 0 Å². The number of rotatable bonds is 5. The molecule has 1 aliphatic carbocycles. The first-order valence-electron chi connectivity index (χ1n) is 10.6. The lowest BCUT2D eigenvalue weighted by Crippen LogP contribution is -2.36. The number of halogens is 3. The molecule has 0 unspecified atom stereocenters. The van der Waals surface area contributed by atoms with Crippen LogP contribution >= 0.6 is 0 Å². The van der Waals surface area contributed by atoms with Crippen LogP contribution in [0.15, 0.2) is 42.2 Å². The highest BCUT2D eigenvalue weighted by Gasteiger charge is 2.24. The normalized spacial score (nSPS) is 15.3. The second-order valence-electron chi connectivity index (χ2n) is 7.95. The number of fused-ring (bicyclic) bond motifs is 1. The van der Waals surface area contributed by atoms with Crippen molar-refractivity contribution in [3.05, 3.63) is 70.8 Å². The van der Waals surface area contributed by atoms with Gasteiger partial charge in [-0.1, -0.05) is 17.7 Å². The molecule has 1 saturated heterocycles. The van der Waals surface area contributed by atoms with Gasteiger partial charge in [-0.05, 0) is 31.5 Å². The van der Waals surface area contributed by atoms with Crippen molar-refractivity contribution in [3.8, 4) is 11.6 Å². The highest BCUT2D eigenvalue weighted by Crippen LogP contribution is 2.37. The number of hydrogen-bond donors (Lipinski definition) is 1. The summed E-state index contributed by atoms with van der Waals surface area (Å²) in [6, 6.07) is 8.37. The molecule has 2 aromatic carbocycles. The van der Waals surface area contributed by atoms with E-state index in [9.17, 15) is 8.78 Å². The molecule has 1 fully saturated rings. The first kappa shape index (κ1) is 21.3. The van der Waals surface area contributed by atoms with Crippen LogP contribution in [0.4, 0.5) is 30.4 Å². The van der Waals surface area contributed by atoms with Gasteiger partial charge in [-0.15, -0.1) is 0 Å². The Morgan fingerprint density at radius 1 is 1.06 bits per heavy atom. The Bertz CT molecular complexity index is 1240. The Balaban J connectivity index is 1.40. The average molecular weight is 454 g/mol. The van der Waals surface area contributed by atoms with E-state index in [0.29, 0.717) is 25.3 Å². The zero-order valence-corrected chi connectivity index (χ0v) is 17.9. The predicted molar refractivity (Wildman–Crippen MR) is 119 cm³/mol. The average Bonchev–Trinajstić information content (AvgIpc) is 3.23. The van der Waals surface area contributed by atoms with Crippen LogP contribution in [0.5, 0.6) is 11.6 Å². The molecule has 9 heteroatoms. The molecule has 1 aliphatic heterocycles. The summed E-state index contributed by atoms with van der Waals surface area (Å²) in [5.41, 5.74) is 2.79. The lowest BCUT2D eigenvalue weighted by Gasteiger charge is -2.29. The van der Waals surface area contributed by atoms with Crippen LogP contribution in [-0.2, 0) is 11.2 Å². The fraction of sp³-hybridized carbons (Fsp3) is 0.250. The van der Waals surface area contributed by atoms with Crippen molar-refractivity contribution in [2.24, 2.45) is 0 Å². The summed E-state index contributed by atoms with van der Waals surface area (Å²) in [4.78, 5) is 9.88. The number of anilines is 3. The van der Waals surface area contributed by atoms with Crippen molar-refractivity contribution >= 4 is 23.3 Å². The number of aromatic nitrogens is 2. The molecular weight excluding hydrogens is 433 g/mol. The Kier molecular flexibility index (Phi) is 5.63. The van der Waals surface area contributed by atoms with E-state index >= 15 is 4.39 Å². The SMILES string of the molecule is CC1=Cc2c(F)c(Oc3ncnc(Nc4cccc(N5CCOCC5)c4)c3F)cc(F)c2C1. The number of morpholine rings is 1. The van der Waals surface area contributed by atoms with E-state index in [2.05, 4.69) is 20.2 Å². The Labute approximate surface area is 188 Å². The van der Waals surface area contributed by atoms with Gasteiger partial charge >= 0.3 is 0 Å². The smallest absolute Gasteiger partial charge is 0.261 e. The van der Waals surface area contributed by atoms with Gasteiger partial charge < -0.3 is 19.7 Å². The topological polar surface area (TPSA) is 59.5 Å². The molecular formula is C24H21F3N4O2. The van der Waals surface area contributed by atoms with Crippen LogP contribution in [0.25, 0.3) is 6.08 Å². The molecule has 170 valence electrons. The van der Waals surface area contributed by atoms with E-state index in [1.807, 2.05) is 18.2 Å². The van der Waals surface area contributed by atoms with Crippen molar-refractivity contribution < 1.29 is 22.6 Å². The molecule has 2 heterocycles. The number of ether oxygens (including phenoxy) is 2. The Morgan fingerprint density at radius 2 is 1.88 bits per heavy atom. The quantitative estimate of drug-likeness (QED) is 0.570. The molecule has 3 aromatic rings. The number of allylic oxidation sites excluding steroid dienone is 1. The van der Waals surface area contributed by atoms with Crippen LogP contribution in [0.3, 0.4) is 0 Å². The van der Waals surface area contributed by atoms with Gasteiger partial charge in [0.2, 0.25) is 5.82 Å². The van der Waals surface area contributed by atoms with Gasteiger partial charge in [-0.3, -0.25) is 0 Å². The van der Waals surface area contributed by atoms with Crippen LogP contribution in [0.1, 0.15) is 18.1 Å². The Hall–Kier alpha value is -3.59. The summed E-state index contributed by atoms with van der Waals surface area (Å²) in [6.07, 6.45) is 2.99. The van der Waals surface area contributed by atoms with E-state index in [1.54, 1.807) is 19.1 Å². The van der Waals surface area contributed by atoms with Gasteiger partial charge in [0.1, 0.15) is 12.1 Å². The minimum Gasteiger partial charge on any atom is -0.433 e. The molecule has 1 aromatic heterocycles. The van der Waals surface area contributed by atoms with Gasteiger partial charge in [0.05, 0.1) is 13.2 Å². The van der Waals surface area contributed by atoms with Gasteiger partial charge in [-0.25, -0.2) is 13.8 Å². The number of nitrogens with one attached hydrogen (secondary N) is 1. The molecule has 33 heavy (non-hydrogen) atoms. The molecule has 1 N–H and O–H groups in total. The molecule has 2 aliphatic rings. The molecule has 0 saturated carbocycles. The largest absolute Gasteiger partial charge is 0.433 e. The fourth-order valence-electron chi connectivity index (χ4n) is 3.99. The van der Waals surface area contributed by atoms with Gasteiger partial charge in [-0.2, -0.15) is 9.37 Å². The van der Waals surface area contributed by atoms with Gasteiger partial charge in [0, 0.05) is 41.7 Å². The monoisotopic (exact) mass is 454 g/mol. The molecule has 0 radical (unpaired) electrons. The highest BCUT2D eigenvalue weighted by atomic mass is 19.1. The lowest BCUT2D eigenvalue weighted by molar-refractivity contribution is 0.122. The van der Waals surface area contributed by atoms with Crippen molar-refractivity contribution in [3.63, 3.8) is 0 Å². The third-order valence-electron chi connectivity index (χ3n) is 5.62. The second kappa shape index (κ2) is 8.74. The van der Waals surface area contributed by atoms with Crippen LogP contribution < -0.4 is 15.0 Å². The summed E-state index contributed by atoms with van der Waals surface area (Å²) < 4.78 is 55.1. The van der Waals surface area contributed by atoms with E-state index in [-0.39, 0.29) is 16.9 Å². The van der Waals surface area contributed by atoms with E-state index in [4.69, 9.17) is 9.47 Å². The summed E-state index contributed by atoms with van der Waals surface area (Å²) in [5, 5.41) is 2.91. The Morgan fingerprint density at radius 3 is 2.70 bits per heavy atom. The van der Waals surface area contributed by atoms with Gasteiger partial charge in [0.25, 0.3) is 5.88 Å². The molecule has 0 amide bonds. The van der Waals surface area contributed by atoms with Crippen LogP contribution in [0, 0.1) is 17.5 Å². The molecule has 0 atom stereocenters. The number of benzene rings is 2. The maximum absolute atomic E-state index is 15.1. The fourth-order valence-corrected chi connectivity index (χ4v) is 3.99. The zero-order chi connectivity index (χ0) is 22.9. The van der Waals surface area contributed by atoms with Crippen molar-refractivity contribution in [2.45, 2.75) is 13.3 Å². The standard InChI is InChI=1S/C24H21F3N4O2/c1-14-9-17-18(10-14)21(26)20(12-19(17)25)33-24-22(27)23(28-13-29-24)30-15-3-2-4-16(11-15)31-5-7-32-8-6-31/h2-4,10-13H,5-9H2,1H3,(H,28,29,30). The predicted octanol–water partition coefficient (Wildman–Crippen LogP) is 5.23.